The normalized spacial score (nSPS) is 11.5. The predicted molar refractivity (Wildman–Crippen MR) is 260 cm³/mol. The zero-order chi connectivity index (χ0) is 41.0. The zero-order valence-electron chi connectivity index (χ0n) is 33.9. The van der Waals surface area contributed by atoms with E-state index in [2.05, 4.69) is 246 Å². The van der Waals surface area contributed by atoms with E-state index in [1.165, 1.54) is 66.0 Å². The van der Waals surface area contributed by atoms with E-state index in [0.29, 0.717) is 0 Å². The molecule has 0 fully saturated rings. The van der Waals surface area contributed by atoms with Gasteiger partial charge >= 0.3 is 0 Å². The summed E-state index contributed by atoms with van der Waals surface area (Å²) in [7, 11) is 0. The highest BCUT2D eigenvalue weighted by Gasteiger charge is 2.19. The largest absolute Gasteiger partial charge is 0.309 e. The minimum atomic E-state index is 0.884. The van der Waals surface area contributed by atoms with Crippen molar-refractivity contribution < 1.29 is 0 Å². The molecule has 0 atom stereocenters. The average Bonchev–Trinajstić information content (AvgIpc) is 3.86. The van der Waals surface area contributed by atoms with Crippen LogP contribution in [0.2, 0.25) is 0 Å². The van der Waals surface area contributed by atoms with E-state index in [0.717, 1.165) is 44.9 Å². The Morgan fingerprint density at radius 1 is 0.242 bits per heavy atom. The van der Waals surface area contributed by atoms with Crippen LogP contribution in [0.5, 0.6) is 0 Å². The number of nitrogens with zero attached hydrogens (tertiary/aromatic N) is 3. The van der Waals surface area contributed by atoms with E-state index < -0.39 is 0 Å². The minimum absolute atomic E-state index is 0.884. The molecule has 9 aromatic carbocycles. The monoisotopic (exact) mass is 789 g/mol. The molecule has 0 aliphatic heterocycles. The van der Waals surface area contributed by atoms with Gasteiger partial charge in [-0.3, -0.25) is 4.57 Å². The number of pyridine rings is 1. The summed E-state index contributed by atoms with van der Waals surface area (Å²) in [5, 5.41) is 4.83. The maximum atomic E-state index is 5.41. The Kier molecular flexibility index (Phi) is 8.50. The summed E-state index contributed by atoms with van der Waals surface area (Å²) in [5.41, 5.74) is 17.2. The van der Waals surface area contributed by atoms with Gasteiger partial charge in [0.2, 0.25) is 0 Å². The van der Waals surface area contributed by atoms with Gasteiger partial charge in [-0.15, -0.1) is 0 Å². The predicted octanol–water partition coefficient (Wildman–Crippen LogP) is 15.6. The lowest BCUT2D eigenvalue weighted by Gasteiger charge is -2.13. The number of aromatic nitrogens is 3. The third-order valence-electron chi connectivity index (χ3n) is 12.3. The molecule has 0 aliphatic rings. The number of fused-ring (bicyclic) bond motifs is 6. The van der Waals surface area contributed by atoms with Gasteiger partial charge in [-0.1, -0.05) is 164 Å². The molecule has 0 amide bonds. The van der Waals surface area contributed by atoms with Crippen molar-refractivity contribution in [2.75, 3.05) is 0 Å². The van der Waals surface area contributed by atoms with E-state index in [9.17, 15) is 0 Å². The Bertz CT molecular complexity index is 3530. The van der Waals surface area contributed by atoms with Crippen LogP contribution in [-0.4, -0.2) is 14.1 Å². The van der Waals surface area contributed by atoms with Crippen LogP contribution < -0.4 is 0 Å². The van der Waals surface area contributed by atoms with E-state index in [4.69, 9.17) is 4.98 Å². The van der Waals surface area contributed by atoms with Crippen LogP contribution in [0.25, 0.3) is 111 Å². The standard InChI is InChI=1S/C59H39N3/c1-6-16-40(17-7-1)44-26-30-55-50(34-44)51-36-46(28-31-56(51)61(55)49-24-14-5-15-25-49)47-29-33-58-53(37-47)52-35-45(41-18-8-2-9-19-41)27-32-57(52)62(58)59-39-48(42-20-10-3-11-21-42)38-54(60-59)43-22-12-4-13-23-43/h1-39H. The Balaban J connectivity index is 1.09. The second-order valence-corrected chi connectivity index (χ2v) is 16.0. The molecule has 3 heteroatoms. The molecule has 0 saturated carbocycles. The van der Waals surface area contributed by atoms with Gasteiger partial charge in [0.1, 0.15) is 5.82 Å². The molecule has 3 nitrogen and oxygen atoms in total. The summed E-state index contributed by atoms with van der Waals surface area (Å²) < 4.78 is 4.75. The first-order valence-electron chi connectivity index (χ1n) is 21.2. The van der Waals surface area contributed by atoms with Crippen molar-refractivity contribution in [2.24, 2.45) is 0 Å². The molecule has 62 heavy (non-hydrogen) atoms. The average molecular weight is 790 g/mol. The smallest absolute Gasteiger partial charge is 0.138 e. The molecule has 12 rings (SSSR count). The molecule has 12 aromatic rings. The lowest BCUT2D eigenvalue weighted by molar-refractivity contribution is 1.08. The van der Waals surface area contributed by atoms with Crippen LogP contribution in [0.15, 0.2) is 237 Å². The molecule has 0 N–H and O–H groups in total. The highest BCUT2D eigenvalue weighted by molar-refractivity contribution is 6.14. The molecule has 0 radical (unpaired) electrons. The molecule has 0 unspecified atom stereocenters. The Hall–Kier alpha value is -8.27. The number of hydrogen-bond acceptors (Lipinski definition) is 1. The first-order chi connectivity index (χ1) is 30.7. The van der Waals surface area contributed by atoms with Crippen LogP contribution in [-0.2, 0) is 0 Å². The molecule has 0 aliphatic carbocycles. The third-order valence-corrected chi connectivity index (χ3v) is 12.3. The van der Waals surface area contributed by atoms with E-state index in [1.54, 1.807) is 0 Å². The summed E-state index contributed by atoms with van der Waals surface area (Å²) in [5.74, 6) is 0.884. The fourth-order valence-corrected chi connectivity index (χ4v) is 9.31. The van der Waals surface area contributed by atoms with Gasteiger partial charge in [-0.2, -0.15) is 0 Å². The Morgan fingerprint density at radius 2 is 0.581 bits per heavy atom. The van der Waals surface area contributed by atoms with Crippen molar-refractivity contribution in [1.82, 2.24) is 14.1 Å². The van der Waals surface area contributed by atoms with Crippen LogP contribution in [0, 0.1) is 0 Å². The molecule has 290 valence electrons. The van der Waals surface area contributed by atoms with Crippen molar-refractivity contribution in [3.8, 4) is 67.3 Å². The molecule has 0 saturated heterocycles. The number of rotatable bonds is 7. The molecule has 0 spiro atoms. The third kappa shape index (κ3) is 6.10. The molecule has 0 bridgehead atoms. The van der Waals surface area contributed by atoms with Gasteiger partial charge in [0, 0.05) is 32.8 Å². The maximum Gasteiger partial charge on any atom is 0.138 e. The second kappa shape index (κ2) is 14.8. The summed E-state index contributed by atoms with van der Waals surface area (Å²) in [4.78, 5) is 5.41. The van der Waals surface area contributed by atoms with Crippen molar-refractivity contribution in [3.63, 3.8) is 0 Å². The highest BCUT2D eigenvalue weighted by atomic mass is 15.1. The van der Waals surface area contributed by atoms with E-state index in [1.807, 2.05) is 0 Å². The van der Waals surface area contributed by atoms with Gasteiger partial charge in [-0.25, -0.2) is 4.98 Å². The number of hydrogen-bond donors (Lipinski definition) is 0. The fourth-order valence-electron chi connectivity index (χ4n) is 9.31. The van der Waals surface area contributed by atoms with Crippen molar-refractivity contribution in [3.05, 3.63) is 237 Å². The highest BCUT2D eigenvalue weighted by Crippen LogP contribution is 2.41. The zero-order valence-corrected chi connectivity index (χ0v) is 33.9. The van der Waals surface area contributed by atoms with E-state index in [-0.39, 0.29) is 0 Å². The Labute approximate surface area is 360 Å². The fraction of sp³-hybridized carbons (Fsp3) is 0. The lowest BCUT2D eigenvalue weighted by atomic mass is 9.98. The quantitative estimate of drug-likeness (QED) is 0.158. The lowest BCUT2D eigenvalue weighted by Crippen LogP contribution is -2.00. The first kappa shape index (κ1) is 35.7. The minimum Gasteiger partial charge on any atom is -0.309 e. The number of para-hydroxylation sites is 1. The van der Waals surface area contributed by atoms with Gasteiger partial charge in [-0.05, 0) is 117 Å². The molecule has 3 heterocycles. The van der Waals surface area contributed by atoms with E-state index >= 15 is 0 Å². The van der Waals surface area contributed by atoms with Crippen molar-refractivity contribution in [1.29, 1.82) is 0 Å². The molecular formula is C59H39N3. The summed E-state index contributed by atoms with van der Waals surface area (Å²) in [6.45, 7) is 0. The maximum absolute atomic E-state index is 5.41. The molecule has 3 aromatic heterocycles. The van der Waals surface area contributed by atoms with Crippen LogP contribution in [0.1, 0.15) is 0 Å². The van der Waals surface area contributed by atoms with Crippen LogP contribution in [0.4, 0.5) is 0 Å². The SMILES string of the molecule is c1ccc(-c2cc(-c3ccccc3)nc(-n3c4ccc(-c5ccccc5)cc4c4cc(-c5ccc6c(c5)c5cc(-c7ccccc7)ccc5n6-c5ccccc5)ccc43)c2)cc1. The summed E-state index contributed by atoms with van der Waals surface area (Å²) >= 11 is 0. The number of benzene rings is 9. The van der Waals surface area contributed by atoms with Gasteiger partial charge in [0.25, 0.3) is 0 Å². The second-order valence-electron chi connectivity index (χ2n) is 16.0. The first-order valence-corrected chi connectivity index (χ1v) is 21.2. The van der Waals surface area contributed by atoms with Crippen molar-refractivity contribution in [2.45, 2.75) is 0 Å². The van der Waals surface area contributed by atoms with Gasteiger partial charge < -0.3 is 4.57 Å². The van der Waals surface area contributed by atoms with Crippen LogP contribution >= 0.6 is 0 Å². The topological polar surface area (TPSA) is 22.8 Å². The van der Waals surface area contributed by atoms with Gasteiger partial charge in [0.05, 0.1) is 27.8 Å². The molecular weight excluding hydrogens is 751 g/mol. The van der Waals surface area contributed by atoms with Crippen molar-refractivity contribution >= 4 is 43.6 Å². The summed E-state index contributed by atoms with van der Waals surface area (Å²) in [6, 6.07) is 85.3. The van der Waals surface area contributed by atoms with Crippen LogP contribution in [0.3, 0.4) is 0 Å². The van der Waals surface area contributed by atoms with Gasteiger partial charge in [0.15, 0.2) is 0 Å². The Morgan fingerprint density at radius 3 is 1.00 bits per heavy atom. The summed E-state index contributed by atoms with van der Waals surface area (Å²) in [6.07, 6.45) is 0.